The molecule has 0 saturated carbocycles. The van der Waals surface area contributed by atoms with Crippen LogP contribution in [0.25, 0.3) is 0 Å². The average molecular weight is 304 g/mol. The highest BCUT2D eigenvalue weighted by Gasteiger charge is 2.15. The number of hydrogen-bond donors (Lipinski definition) is 1. The van der Waals surface area contributed by atoms with Crippen LogP contribution in [0.4, 0.5) is 10.5 Å². The van der Waals surface area contributed by atoms with Gasteiger partial charge in [-0.3, -0.25) is 0 Å². The smallest absolute Gasteiger partial charge is 0.338 e. The summed E-state index contributed by atoms with van der Waals surface area (Å²) in [5, 5.41) is 2.88. The Morgan fingerprint density at radius 2 is 1.73 bits per heavy atom. The van der Waals surface area contributed by atoms with E-state index in [1.807, 2.05) is 11.8 Å². The fourth-order valence-electron chi connectivity index (χ4n) is 2.44. The van der Waals surface area contributed by atoms with Gasteiger partial charge < -0.3 is 15.0 Å². The summed E-state index contributed by atoms with van der Waals surface area (Å²) in [6.07, 6.45) is 5.32. The van der Waals surface area contributed by atoms with E-state index in [2.05, 4.69) is 5.32 Å². The summed E-state index contributed by atoms with van der Waals surface area (Å²) in [7, 11) is 0. The van der Waals surface area contributed by atoms with Crippen molar-refractivity contribution in [2.45, 2.75) is 39.0 Å². The minimum Gasteiger partial charge on any atom is -0.462 e. The number of likely N-dealkylation sites (tertiary alicyclic amines) is 1. The van der Waals surface area contributed by atoms with Crippen molar-refractivity contribution in [2.75, 3.05) is 25.0 Å². The largest absolute Gasteiger partial charge is 0.462 e. The van der Waals surface area contributed by atoms with Crippen LogP contribution in [-0.4, -0.2) is 36.6 Å². The van der Waals surface area contributed by atoms with Crippen molar-refractivity contribution in [3.63, 3.8) is 0 Å². The van der Waals surface area contributed by atoms with Gasteiger partial charge in [-0.1, -0.05) is 19.8 Å². The summed E-state index contributed by atoms with van der Waals surface area (Å²) in [4.78, 5) is 25.8. The Balaban J connectivity index is 1.90. The molecule has 1 saturated heterocycles. The first-order valence-corrected chi connectivity index (χ1v) is 8.04. The second kappa shape index (κ2) is 8.41. The molecule has 0 bridgehead atoms. The number of benzene rings is 1. The lowest BCUT2D eigenvalue weighted by atomic mass is 10.2. The van der Waals surface area contributed by atoms with E-state index < -0.39 is 0 Å². The number of esters is 1. The highest BCUT2D eigenvalue weighted by atomic mass is 16.5. The summed E-state index contributed by atoms with van der Waals surface area (Å²) < 4.78 is 5.07. The van der Waals surface area contributed by atoms with Gasteiger partial charge in [0.1, 0.15) is 0 Å². The van der Waals surface area contributed by atoms with Crippen LogP contribution < -0.4 is 5.32 Å². The van der Waals surface area contributed by atoms with Gasteiger partial charge in [-0.25, -0.2) is 9.59 Å². The van der Waals surface area contributed by atoms with Gasteiger partial charge in [0.05, 0.1) is 12.2 Å². The van der Waals surface area contributed by atoms with Crippen molar-refractivity contribution in [2.24, 2.45) is 0 Å². The lowest BCUT2D eigenvalue weighted by molar-refractivity contribution is 0.0505. The summed E-state index contributed by atoms with van der Waals surface area (Å²) in [5.74, 6) is -0.327. The Bertz CT molecular complexity index is 491. The molecule has 5 heteroatoms. The maximum atomic E-state index is 12.2. The number of nitrogens with zero attached hydrogens (tertiary/aromatic N) is 1. The Labute approximate surface area is 131 Å². The quantitative estimate of drug-likeness (QED) is 0.864. The maximum Gasteiger partial charge on any atom is 0.338 e. The van der Waals surface area contributed by atoms with Gasteiger partial charge in [0.25, 0.3) is 0 Å². The molecule has 0 aliphatic carbocycles. The van der Waals surface area contributed by atoms with E-state index in [0.29, 0.717) is 17.9 Å². The predicted octanol–water partition coefficient (Wildman–Crippen LogP) is 3.66. The van der Waals surface area contributed by atoms with Crippen LogP contribution >= 0.6 is 0 Å². The highest BCUT2D eigenvalue weighted by molar-refractivity contribution is 5.92. The molecule has 22 heavy (non-hydrogen) atoms. The van der Waals surface area contributed by atoms with Gasteiger partial charge in [0, 0.05) is 18.8 Å². The Kier molecular flexibility index (Phi) is 6.25. The van der Waals surface area contributed by atoms with Crippen molar-refractivity contribution in [1.82, 2.24) is 4.90 Å². The molecular weight excluding hydrogens is 280 g/mol. The molecule has 0 radical (unpaired) electrons. The lowest BCUT2D eigenvalue weighted by Gasteiger charge is -2.20. The second-order valence-corrected chi connectivity index (χ2v) is 5.54. The van der Waals surface area contributed by atoms with Crippen molar-refractivity contribution in [3.05, 3.63) is 29.8 Å². The summed E-state index contributed by atoms with van der Waals surface area (Å²) in [5.41, 5.74) is 1.20. The minimum absolute atomic E-state index is 0.0665. The van der Waals surface area contributed by atoms with E-state index in [9.17, 15) is 9.59 Å². The third-order valence-electron chi connectivity index (χ3n) is 3.70. The monoisotopic (exact) mass is 304 g/mol. The molecular formula is C17H24N2O3. The first-order chi connectivity index (χ1) is 10.7. The van der Waals surface area contributed by atoms with Crippen molar-refractivity contribution in [1.29, 1.82) is 0 Å². The fourth-order valence-corrected chi connectivity index (χ4v) is 2.44. The molecule has 1 aliphatic heterocycles. The fraction of sp³-hybridized carbons (Fsp3) is 0.529. The van der Waals surface area contributed by atoms with Gasteiger partial charge in [0.2, 0.25) is 0 Å². The molecule has 0 atom stereocenters. The van der Waals surface area contributed by atoms with Gasteiger partial charge in [-0.15, -0.1) is 0 Å². The summed E-state index contributed by atoms with van der Waals surface area (Å²) in [6.45, 7) is 4.00. The van der Waals surface area contributed by atoms with Gasteiger partial charge in [-0.2, -0.15) is 0 Å². The van der Waals surface area contributed by atoms with Crippen molar-refractivity contribution >= 4 is 17.7 Å². The molecule has 0 aromatic heterocycles. The summed E-state index contributed by atoms with van der Waals surface area (Å²) in [6, 6.07) is 6.76. The van der Waals surface area contributed by atoms with E-state index >= 15 is 0 Å². The Morgan fingerprint density at radius 3 is 2.32 bits per heavy atom. The first-order valence-electron chi connectivity index (χ1n) is 8.04. The molecule has 1 aromatic rings. The van der Waals surface area contributed by atoms with Crippen LogP contribution in [0, 0.1) is 0 Å². The lowest BCUT2D eigenvalue weighted by Crippen LogP contribution is -2.35. The number of ether oxygens (including phenoxy) is 1. The number of anilines is 1. The number of carbonyl (C=O) groups is 2. The van der Waals surface area contributed by atoms with E-state index in [1.54, 1.807) is 24.3 Å². The number of rotatable bonds is 4. The Morgan fingerprint density at radius 1 is 1.09 bits per heavy atom. The van der Waals surface area contributed by atoms with Crippen LogP contribution in [0.5, 0.6) is 0 Å². The third kappa shape index (κ3) is 4.76. The third-order valence-corrected chi connectivity index (χ3v) is 3.70. The zero-order valence-corrected chi connectivity index (χ0v) is 13.1. The zero-order valence-electron chi connectivity index (χ0n) is 13.1. The molecule has 5 nitrogen and oxygen atoms in total. The van der Waals surface area contributed by atoms with Gasteiger partial charge >= 0.3 is 12.0 Å². The van der Waals surface area contributed by atoms with Crippen LogP contribution in [0.15, 0.2) is 24.3 Å². The first kappa shape index (κ1) is 16.3. The number of urea groups is 1. The predicted molar refractivity (Wildman–Crippen MR) is 86.1 cm³/mol. The molecule has 1 fully saturated rings. The Hall–Kier alpha value is -2.04. The van der Waals surface area contributed by atoms with Gasteiger partial charge in [-0.05, 0) is 43.5 Å². The molecule has 2 amide bonds. The molecule has 1 aliphatic rings. The number of hydrogen-bond acceptors (Lipinski definition) is 3. The van der Waals surface area contributed by atoms with E-state index in [1.165, 1.54) is 12.8 Å². The van der Waals surface area contributed by atoms with Crippen LogP contribution in [0.1, 0.15) is 49.4 Å². The minimum atomic E-state index is -0.327. The molecule has 1 N–H and O–H groups in total. The molecule has 0 spiro atoms. The molecule has 1 heterocycles. The van der Waals surface area contributed by atoms with Gasteiger partial charge in [0.15, 0.2) is 0 Å². The van der Waals surface area contributed by atoms with Crippen LogP contribution in [0.3, 0.4) is 0 Å². The molecule has 1 aromatic carbocycles. The zero-order chi connectivity index (χ0) is 15.8. The number of nitrogens with one attached hydrogen (secondary N) is 1. The van der Waals surface area contributed by atoms with E-state index in [0.717, 1.165) is 32.4 Å². The van der Waals surface area contributed by atoms with E-state index in [4.69, 9.17) is 4.74 Å². The maximum absolute atomic E-state index is 12.2. The number of amides is 2. The molecule has 0 unspecified atom stereocenters. The average Bonchev–Trinajstić information content (AvgIpc) is 2.82. The summed E-state index contributed by atoms with van der Waals surface area (Å²) >= 11 is 0. The standard InChI is InChI=1S/C17H24N2O3/c1-2-13-22-16(20)14-7-9-15(10-8-14)18-17(21)19-11-5-3-4-6-12-19/h7-10H,2-6,11-13H2,1H3,(H,18,21). The van der Waals surface area contributed by atoms with E-state index in [-0.39, 0.29) is 12.0 Å². The second-order valence-electron chi connectivity index (χ2n) is 5.54. The van der Waals surface area contributed by atoms with Crippen LogP contribution in [0.2, 0.25) is 0 Å². The van der Waals surface area contributed by atoms with Crippen molar-refractivity contribution in [3.8, 4) is 0 Å². The topological polar surface area (TPSA) is 58.6 Å². The SMILES string of the molecule is CCCOC(=O)c1ccc(NC(=O)N2CCCCCC2)cc1. The normalized spacial score (nSPS) is 15.0. The highest BCUT2D eigenvalue weighted by Crippen LogP contribution is 2.14. The molecule has 120 valence electrons. The van der Waals surface area contributed by atoms with Crippen molar-refractivity contribution < 1.29 is 14.3 Å². The number of carbonyl (C=O) groups excluding carboxylic acids is 2. The molecule has 2 rings (SSSR count). The van der Waals surface area contributed by atoms with Crippen LogP contribution in [-0.2, 0) is 4.74 Å².